The SMILES string of the molecule is COc1ccccc1-c1[nH]nc2ncc(-c3cccc(C(O)C(N)=O)c3)cc12. The predicted molar refractivity (Wildman–Crippen MR) is 105 cm³/mol. The van der Waals surface area contributed by atoms with Crippen molar-refractivity contribution in [2.24, 2.45) is 5.73 Å². The summed E-state index contributed by atoms with van der Waals surface area (Å²) in [5, 5.41) is 18.1. The number of carbonyl (C=O) groups is 1. The van der Waals surface area contributed by atoms with Crippen molar-refractivity contribution in [3.63, 3.8) is 0 Å². The number of nitrogens with zero attached hydrogens (tertiary/aromatic N) is 2. The molecule has 1 amide bonds. The molecule has 7 nitrogen and oxygen atoms in total. The van der Waals surface area contributed by atoms with Crippen molar-refractivity contribution >= 4 is 16.9 Å². The van der Waals surface area contributed by atoms with E-state index in [2.05, 4.69) is 15.2 Å². The van der Waals surface area contributed by atoms with Crippen LogP contribution in [-0.4, -0.2) is 33.3 Å². The van der Waals surface area contributed by atoms with E-state index in [0.717, 1.165) is 33.5 Å². The zero-order valence-corrected chi connectivity index (χ0v) is 15.1. The van der Waals surface area contributed by atoms with Crippen molar-refractivity contribution in [3.8, 4) is 28.1 Å². The van der Waals surface area contributed by atoms with Crippen LogP contribution in [0.5, 0.6) is 5.75 Å². The van der Waals surface area contributed by atoms with E-state index < -0.39 is 12.0 Å². The first-order valence-corrected chi connectivity index (χ1v) is 8.63. The van der Waals surface area contributed by atoms with Gasteiger partial charge >= 0.3 is 0 Å². The molecule has 0 spiro atoms. The van der Waals surface area contributed by atoms with Gasteiger partial charge in [0.2, 0.25) is 0 Å². The Morgan fingerprint density at radius 2 is 1.96 bits per heavy atom. The molecule has 1 atom stereocenters. The molecule has 2 heterocycles. The van der Waals surface area contributed by atoms with Gasteiger partial charge in [0.1, 0.15) is 5.75 Å². The van der Waals surface area contributed by atoms with E-state index >= 15 is 0 Å². The van der Waals surface area contributed by atoms with E-state index in [4.69, 9.17) is 10.5 Å². The largest absolute Gasteiger partial charge is 0.496 e. The number of fused-ring (bicyclic) bond motifs is 1. The highest BCUT2D eigenvalue weighted by Gasteiger charge is 2.16. The number of hydrogen-bond donors (Lipinski definition) is 3. The van der Waals surface area contributed by atoms with Gasteiger partial charge in [0, 0.05) is 22.7 Å². The molecule has 1 unspecified atom stereocenters. The zero-order valence-electron chi connectivity index (χ0n) is 15.1. The Labute approximate surface area is 160 Å². The number of amides is 1. The summed E-state index contributed by atoms with van der Waals surface area (Å²) in [6, 6.07) is 16.6. The zero-order chi connectivity index (χ0) is 19.7. The summed E-state index contributed by atoms with van der Waals surface area (Å²) < 4.78 is 5.46. The Hall–Kier alpha value is -3.71. The first-order chi connectivity index (χ1) is 13.6. The van der Waals surface area contributed by atoms with E-state index in [1.807, 2.05) is 36.4 Å². The van der Waals surface area contributed by atoms with Gasteiger partial charge in [0.15, 0.2) is 11.8 Å². The Bertz CT molecular complexity index is 1170. The molecule has 2 aromatic carbocycles. The number of aliphatic hydroxyl groups excluding tert-OH is 1. The van der Waals surface area contributed by atoms with Gasteiger partial charge in [-0.15, -0.1) is 0 Å². The Morgan fingerprint density at radius 3 is 2.75 bits per heavy atom. The molecular weight excluding hydrogens is 356 g/mol. The molecule has 0 fully saturated rings. The van der Waals surface area contributed by atoms with Crippen molar-refractivity contribution in [1.29, 1.82) is 0 Å². The maximum absolute atomic E-state index is 11.3. The summed E-state index contributed by atoms with van der Waals surface area (Å²) in [6.45, 7) is 0. The minimum atomic E-state index is -1.35. The third kappa shape index (κ3) is 3.08. The lowest BCUT2D eigenvalue weighted by Gasteiger charge is -2.09. The van der Waals surface area contributed by atoms with Gasteiger partial charge in [-0.1, -0.05) is 30.3 Å². The number of aliphatic hydroxyl groups is 1. The first-order valence-electron chi connectivity index (χ1n) is 8.63. The number of primary amides is 1. The van der Waals surface area contributed by atoms with Gasteiger partial charge in [0.05, 0.1) is 12.8 Å². The lowest BCUT2D eigenvalue weighted by Crippen LogP contribution is -2.20. The number of carbonyl (C=O) groups excluding carboxylic acids is 1. The maximum atomic E-state index is 11.3. The van der Waals surface area contributed by atoms with E-state index in [-0.39, 0.29) is 0 Å². The number of pyridine rings is 1. The van der Waals surface area contributed by atoms with Crippen LogP contribution in [0.3, 0.4) is 0 Å². The molecule has 0 radical (unpaired) electrons. The number of hydrogen-bond acceptors (Lipinski definition) is 5. The standard InChI is InChI=1S/C21H18N4O3/c1-28-17-8-3-2-7-15(17)18-16-10-14(11-23-21(16)25-24-18)12-5-4-6-13(9-12)19(26)20(22)27/h2-11,19,26H,1H3,(H2,22,27)(H,23,24,25). The van der Waals surface area contributed by atoms with Gasteiger partial charge in [-0.3, -0.25) is 9.89 Å². The van der Waals surface area contributed by atoms with Crippen LogP contribution >= 0.6 is 0 Å². The molecule has 7 heteroatoms. The number of nitrogens with one attached hydrogen (secondary N) is 1. The minimum Gasteiger partial charge on any atom is -0.496 e. The molecule has 0 aliphatic heterocycles. The normalized spacial score (nSPS) is 12.1. The molecule has 0 bridgehead atoms. The quantitative estimate of drug-likeness (QED) is 0.497. The number of rotatable bonds is 5. The van der Waals surface area contributed by atoms with Crippen molar-refractivity contribution in [2.45, 2.75) is 6.10 Å². The fourth-order valence-electron chi connectivity index (χ4n) is 3.17. The number of benzene rings is 2. The topological polar surface area (TPSA) is 114 Å². The highest BCUT2D eigenvalue weighted by molar-refractivity contribution is 5.94. The van der Waals surface area contributed by atoms with Crippen LogP contribution in [-0.2, 0) is 4.79 Å². The first kappa shape index (κ1) is 17.7. The van der Waals surface area contributed by atoms with Crippen LogP contribution in [0.1, 0.15) is 11.7 Å². The monoisotopic (exact) mass is 374 g/mol. The summed E-state index contributed by atoms with van der Waals surface area (Å²) in [7, 11) is 1.62. The third-order valence-corrected chi connectivity index (χ3v) is 4.59. The number of aromatic amines is 1. The van der Waals surface area contributed by atoms with Gasteiger partial charge in [0.25, 0.3) is 5.91 Å². The smallest absolute Gasteiger partial charge is 0.250 e. The Balaban J connectivity index is 1.83. The molecule has 0 aliphatic carbocycles. The predicted octanol–water partition coefficient (Wildman–Crippen LogP) is 2.82. The number of methoxy groups -OCH3 is 1. The second-order valence-corrected chi connectivity index (χ2v) is 6.32. The van der Waals surface area contributed by atoms with Crippen LogP contribution in [0, 0.1) is 0 Å². The lowest BCUT2D eigenvalue weighted by molar-refractivity contribution is -0.126. The fourth-order valence-corrected chi connectivity index (χ4v) is 3.17. The minimum absolute atomic E-state index is 0.433. The number of H-pyrrole nitrogens is 1. The van der Waals surface area contributed by atoms with E-state index in [1.54, 1.807) is 31.5 Å². The average Bonchev–Trinajstić information content (AvgIpc) is 3.16. The number of ether oxygens (including phenoxy) is 1. The average molecular weight is 374 g/mol. The van der Waals surface area contributed by atoms with Crippen molar-refractivity contribution in [1.82, 2.24) is 15.2 Å². The maximum Gasteiger partial charge on any atom is 0.250 e. The molecule has 28 heavy (non-hydrogen) atoms. The van der Waals surface area contributed by atoms with E-state index in [9.17, 15) is 9.90 Å². The number of para-hydroxylation sites is 1. The molecule has 4 aromatic rings. The lowest BCUT2D eigenvalue weighted by atomic mass is 10.00. The second-order valence-electron chi connectivity index (χ2n) is 6.32. The van der Waals surface area contributed by atoms with Crippen molar-refractivity contribution in [2.75, 3.05) is 7.11 Å². The van der Waals surface area contributed by atoms with Crippen LogP contribution in [0.25, 0.3) is 33.4 Å². The molecule has 4 rings (SSSR count). The summed E-state index contributed by atoms with van der Waals surface area (Å²) >= 11 is 0. The third-order valence-electron chi connectivity index (χ3n) is 4.59. The Kier molecular flexibility index (Phi) is 4.50. The van der Waals surface area contributed by atoms with Crippen molar-refractivity contribution in [3.05, 3.63) is 66.4 Å². The van der Waals surface area contributed by atoms with Crippen LogP contribution in [0.2, 0.25) is 0 Å². The fraction of sp³-hybridized carbons (Fsp3) is 0.0952. The molecule has 0 saturated heterocycles. The molecule has 4 N–H and O–H groups in total. The van der Waals surface area contributed by atoms with E-state index in [0.29, 0.717) is 11.2 Å². The number of aromatic nitrogens is 3. The number of nitrogens with two attached hydrogens (primary N) is 1. The van der Waals surface area contributed by atoms with Crippen LogP contribution in [0.4, 0.5) is 0 Å². The highest BCUT2D eigenvalue weighted by Crippen LogP contribution is 2.34. The highest BCUT2D eigenvalue weighted by atomic mass is 16.5. The van der Waals surface area contributed by atoms with E-state index in [1.165, 1.54) is 0 Å². The van der Waals surface area contributed by atoms with Crippen LogP contribution in [0.15, 0.2) is 60.8 Å². The molecule has 2 aromatic heterocycles. The van der Waals surface area contributed by atoms with Gasteiger partial charge in [-0.25, -0.2) is 4.98 Å². The van der Waals surface area contributed by atoms with Crippen LogP contribution < -0.4 is 10.5 Å². The molecular formula is C21H18N4O3. The van der Waals surface area contributed by atoms with Gasteiger partial charge in [-0.05, 0) is 35.4 Å². The molecule has 0 saturated carbocycles. The molecule has 0 aliphatic rings. The van der Waals surface area contributed by atoms with Crippen molar-refractivity contribution < 1.29 is 14.6 Å². The summed E-state index contributed by atoms with van der Waals surface area (Å²) in [6.07, 6.45) is 0.347. The second kappa shape index (κ2) is 7.13. The molecule has 140 valence electrons. The Morgan fingerprint density at radius 1 is 1.14 bits per heavy atom. The summed E-state index contributed by atoms with van der Waals surface area (Å²) in [4.78, 5) is 15.7. The van der Waals surface area contributed by atoms with Gasteiger partial charge < -0.3 is 15.6 Å². The van der Waals surface area contributed by atoms with Gasteiger partial charge in [-0.2, -0.15) is 5.10 Å². The summed E-state index contributed by atoms with van der Waals surface area (Å²) in [5.41, 5.74) is 9.53. The summed E-state index contributed by atoms with van der Waals surface area (Å²) in [5.74, 6) is -0.0657.